The molecule has 2 N–H and O–H groups in total. The van der Waals surface area contributed by atoms with Crippen molar-refractivity contribution in [2.24, 2.45) is 17.8 Å². The Hall–Kier alpha value is -0.340. The summed E-state index contributed by atoms with van der Waals surface area (Å²) in [6.45, 7) is 18.7. The maximum Gasteiger partial charge on any atom is 0.0514 e. The van der Waals surface area contributed by atoms with E-state index in [-0.39, 0.29) is 6.10 Å². The van der Waals surface area contributed by atoms with E-state index in [0.29, 0.717) is 12.5 Å². The van der Waals surface area contributed by atoms with E-state index in [1.54, 1.807) is 0 Å². The highest BCUT2D eigenvalue weighted by molar-refractivity contribution is 4.67. The molecule has 0 aliphatic carbocycles. The minimum absolute atomic E-state index is 0.125. The van der Waals surface area contributed by atoms with Crippen molar-refractivity contribution in [1.29, 1.82) is 0 Å². The van der Waals surface area contributed by atoms with Crippen LogP contribution < -0.4 is 0 Å². The minimum Gasteiger partial charge on any atom is -0.396 e. The Morgan fingerprint density at radius 3 is 1.45 bits per heavy atom. The number of aliphatic hydroxyl groups excluding tert-OH is 2. The molecule has 20 heavy (non-hydrogen) atoms. The van der Waals surface area contributed by atoms with E-state index in [0.717, 1.165) is 37.5 Å². The first-order chi connectivity index (χ1) is 9.17. The fourth-order valence-corrected chi connectivity index (χ4v) is 1.52. The minimum atomic E-state index is -0.125. The molecular formula is C18H40O2. The average Bonchev–Trinajstić information content (AvgIpc) is 2.25. The van der Waals surface area contributed by atoms with Crippen LogP contribution in [0.25, 0.3) is 0 Å². The van der Waals surface area contributed by atoms with Crippen LogP contribution in [-0.4, -0.2) is 22.9 Å². The van der Waals surface area contributed by atoms with Crippen molar-refractivity contribution in [3.05, 3.63) is 12.7 Å². The summed E-state index contributed by atoms with van der Waals surface area (Å²) in [6.07, 6.45) is 5.98. The van der Waals surface area contributed by atoms with Gasteiger partial charge in [0.25, 0.3) is 0 Å². The highest BCUT2D eigenvalue weighted by Crippen LogP contribution is 2.02. The molecule has 0 spiro atoms. The fourth-order valence-electron chi connectivity index (χ4n) is 1.52. The zero-order valence-corrected chi connectivity index (χ0v) is 15.0. The third kappa shape index (κ3) is 43.1. The van der Waals surface area contributed by atoms with Gasteiger partial charge in [-0.25, -0.2) is 0 Å². The summed E-state index contributed by atoms with van der Waals surface area (Å²) >= 11 is 0. The molecule has 1 atom stereocenters. The van der Waals surface area contributed by atoms with Gasteiger partial charge in [0.1, 0.15) is 0 Å². The predicted octanol–water partition coefficient (Wildman–Crippen LogP) is 5.05. The molecule has 0 saturated heterocycles. The van der Waals surface area contributed by atoms with Crippen LogP contribution in [0.5, 0.6) is 0 Å². The molecule has 0 bridgehead atoms. The second kappa shape index (κ2) is 18.7. The number of aliphatic hydroxyl groups is 2. The summed E-state index contributed by atoms with van der Waals surface area (Å²) in [5.41, 5.74) is 0. The van der Waals surface area contributed by atoms with E-state index in [1.807, 2.05) is 13.0 Å². The van der Waals surface area contributed by atoms with Crippen LogP contribution in [0.2, 0.25) is 0 Å². The van der Waals surface area contributed by atoms with E-state index in [4.69, 9.17) is 10.2 Å². The zero-order valence-electron chi connectivity index (χ0n) is 15.0. The van der Waals surface area contributed by atoms with E-state index >= 15 is 0 Å². The summed E-state index contributed by atoms with van der Waals surface area (Å²) in [4.78, 5) is 0. The van der Waals surface area contributed by atoms with Crippen LogP contribution in [0.15, 0.2) is 12.7 Å². The average molecular weight is 289 g/mol. The number of hydrogen-bond acceptors (Lipinski definition) is 2. The molecule has 0 rings (SSSR count). The maximum absolute atomic E-state index is 8.72. The van der Waals surface area contributed by atoms with E-state index in [1.165, 1.54) is 0 Å². The Morgan fingerprint density at radius 2 is 1.40 bits per heavy atom. The van der Waals surface area contributed by atoms with Crippen molar-refractivity contribution in [2.75, 3.05) is 6.61 Å². The second-order valence-corrected chi connectivity index (χ2v) is 6.66. The predicted molar refractivity (Wildman–Crippen MR) is 91.9 cm³/mol. The van der Waals surface area contributed by atoms with Gasteiger partial charge in [0, 0.05) is 6.61 Å². The summed E-state index contributed by atoms with van der Waals surface area (Å²) in [5.74, 6) is 2.15. The van der Waals surface area contributed by atoms with Crippen LogP contribution in [0.3, 0.4) is 0 Å². The van der Waals surface area contributed by atoms with E-state index in [9.17, 15) is 0 Å². The van der Waals surface area contributed by atoms with Crippen LogP contribution >= 0.6 is 0 Å². The summed E-state index contributed by atoms with van der Waals surface area (Å²) in [6, 6.07) is 0. The lowest BCUT2D eigenvalue weighted by Crippen LogP contribution is -2.03. The molecule has 0 radical (unpaired) electrons. The van der Waals surface area contributed by atoms with Crippen LogP contribution in [0, 0.1) is 17.8 Å². The first kappa shape index (κ1) is 24.7. The highest BCUT2D eigenvalue weighted by atomic mass is 16.3. The lowest BCUT2D eigenvalue weighted by molar-refractivity contribution is 0.168. The molecule has 2 heteroatoms. The lowest BCUT2D eigenvalue weighted by Gasteiger charge is -2.04. The third-order valence-corrected chi connectivity index (χ3v) is 2.39. The second-order valence-electron chi connectivity index (χ2n) is 6.66. The van der Waals surface area contributed by atoms with Gasteiger partial charge < -0.3 is 10.2 Å². The standard InChI is InChI=1S/2C6H14O.C6H12/c1-5(2)4-6(3)7;1-6(2)4-3-5-7;1-4-5-6(2)3/h5-7H,4H2,1-3H3;6-7H,3-5H2,1-2H3;4,6H,1,5H2,2-3H3. The number of hydrogen-bond donors (Lipinski definition) is 2. The van der Waals surface area contributed by atoms with E-state index < -0.39 is 0 Å². The van der Waals surface area contributed by atoms with E-state index in [2.05, 4.69) is 48.1 Å². The van der Waals surface area contributed by atoms with Crippen LogP contribution in [0.4, 0.5) is 0 Å². The molecule has 0 aromatic carbocycles. The number of rotatable bonds is 7. The van der Waals surface area contributed by atoms with Crippen molar-refractivity contribution >= 4 is 0 Å². The van der Waals surface area contributed by atoms with Gasteiger partial charge in [-0.1, -0.05) is 47.6 Å². The fraction of sp³-hybridized carbons (Fsp3) is 0.889. The number of allylic oxidation sites excluding steroid dienone is 1. The largest absolute Gasteiger partial charge is 0.396 e. The summed E-state index contributed by atoms with van der Waals surface area (Å²) < 4.78 is 0. The van der Waals surface area contributed by atoms with Gasteiger partial charge in [0.2, 0.25) is 0 Å². The first-order valence-corrected chi connectivity index (χ1v) is 8.07. The van der Waals surface area contributed by atoms with Crippen molar-refractivity contribution < 1.29 is 10.2 Å². The van der Waals surface area contributed by atoms with Crippen molar-refractivity contribution in [2.45, 2.75) is 80.3 Å². The Morgan fingerprint density at radius 1 is 0.900 bits per heavy atom. The smallest absolute Gasteiger partial charge is 0.0514 e. The monoisotopic (exact) mass is 288 g/mol. The molecule has 0 fully saturated rings. The molecule has 1 unspecified atom stereocenters. The first-order valence-electron chi connectivity index (χ1n) is 8.07. The third-order valence-electron chi connectivity index (χ3n) is 2.39. The SMILES string of the molecule is C=CCC(C)C.CC(C)CC(C)O.CC(C)CCCO. The van der Waals surface area contributed by atoms with Crippen molar-refractivity contribution in [1.82, 2.24) is 0 Å². The molecule has 0 aliphatic heterocycles. The summed E-state index contributed by atoms with van der Waals surface area (Å²) in [5, 5.41) is 17.0. The molecule has 0 aliphatic rings. The molecule has 2 nitrogen and oxygen atoms in total. The van der Waals surface area contributed by atoms with Crippen molar-refractivity contribution in [3.63, 3.8) is 0 Å². The topological polar surface area (TPSA) is 40.5 Å². The Balaban J connectivity index is -0.000000218. The zero-order chi connectivity index (χ0) is 16.6. The molecule has 0 aromatic rings. The van der Waals surface area contributed by atoms with Gasteiger partial charge in [-0.2, -0.15) is 0 Å². The Labute approximate surface area is 128 Å². The molecule has 124 valence electrons. The summed E-state index contributed by atoms with van der Waals surface area (Å²) in [7, 11) is 0. The van der Waals surface area contributed by atoms with Crippen LogP contribution in [-0.2, 0) is 0 Å². The Kier molecular flexibility index (Phi) is 23.0. The van der Waals surface area contributed by atoms with Gasteiger partial charge in [-0.05, 0) is 50.4 Å². The van der Waals surface area contributed by atoms with Gasteiger partial charge in [0.05, 0.1) is 6.10 Å². The van der Waals surface area contributed by atoms with Gasteiger partial charge in [0.15, 0.2) is 0 Å². The Bertz CT molecular complexity index is 166. The van der Waals surface area contributed by atoms with Gasteiger partial charge in [-0.3, -0.25) is 0 Å². The maximum atomic E-state index is 8.72. The molecular weight excluding hydrogens is 248 g/mol. The highest BCUT2D eigenvalue weighted by Gasteiger charge is 1.97. The van der Waals surface area contributed by atoms with Crippen molar-refractivity contribution in [3.8, 4) is 0 Å². The normalized spacial score (nSPS) is 11.6. The molecule has 0 heterocycles. The van der Waals surface area contributed by atoms with Gasteiger partial charge in [-0.15, -0.1) is 6.58 Å². The quantitative estimate of drug-likeness (QED) is 0.644. The van der Waals surface area contributed by atoms with Crippen LogP contribution in [0.1, 0.15) is 74.1 Å². The molecule has 0 amide bonds. The molecule has 0 saturated carbocycles. The molecule has 0 aromatic heterocycles. The lowest BCUT2D eigenvalue weighted by atomic mass is 10.1. The van der Waals surface area contributed by atoms with Gasteiger partial charge >= 0.3 is 0 Å².